The molecule has 4 aliphatic rings. The summed E-state index contributed by atoms with van der Waals surface area (Å²) in [7, 11) is 0. The lowest BCUT2D eigenvalue weighted by Gasteiger charge is -2.45. The molecule has 15 heteroatoms. The first-order valence-electron chi connectivity index (χ1n) is 13.5. The lowest BCUT2D eigenvalue weighted by atomic mass is 9.94. The molecule has 1 N–H and O–H groups in total. The summed E-state index contributed by atoms with van der Waals surface area (Å²) < 4.78 is 58.1. The van der Waals surface area contributed by atoms with Gasteiger partial charge >= 0.3 is 23.9 Å². The van der Waals surface area contributed by atoms with Gasteiger partial charge in [-0.15, -0.1) is 0 Å². The molecule has 0 aromatic heterocycles. The Morgan fingerprint density at radius 2 is 1.22 bits per heavy atom. The highest BCUT2D eigenvalue weighted by molar-refractivity contribution is 5.68. The molecule has 4 saturated heterocycles. The molecule has 0 unspecified atom stereocenters. The average molecular weight is 590 g/mol. The molecule has 0 aromatic carbocycles. The highest BCUT2D eigenvalue weighted by Gasteiger charge is 2.61. The summed E-state index contributed by atoms with van der Waals surface area (Å²) in [6.07, 6.45) is -7.95. The molecule has 0 aromatic rings. The van der Waals surface area contributed by atoms with E-state index in [1.165, 1.54) is 27.7 Å². The third-order valence-electron chi connectivity index (χ3n) is 6.79. The number of fused-ring (bicyclic) bond motifs is 3. The van der Waals surface area contributed by atoms with Crippen molar-refractivity contribution in [3.05, 3.63) is 0 Å². The van der Waals surface area contributed by atoms with Gasteiger partial charge in [-0.1, -0.05) is 0 Å². The Labute approximate surface area is 237 Å². The van der Waals surface area contributed by atoms with Crippen LogP contribution >= 0.6 is 0 Å². The molecule has 0 amide bonds. The van der Waals surface area contributed by atoms with E-state index in [1.807, 2.05) is 0 Å². The molecule has 0 bridgehead atoms. The summed E-state index contributed by atoms with van der Waals surface area (Å²) in [6.45, 7) is 11.5. The van der Waals surface area contributed by atoms with E-state index in [2.05, 4.69) is 5.32 Å². The number of nitrogens with one attached hydrogen (secondary N) is 1. The zero-order valence-electron chi connectivity index (χ0n) is 24.4. The topological polar surface area (TPSA) is 173 Å². The quantitative estimate of drug-likeness (QED) is 0.297. The van der Waals surface area contributed by atoms with Crippen molar-refractivity contribution in [1.82, 2.24) is 5.32 Å². The average Bonchev–Trinajstić information content (AvgIpc) is 3.31. The molecule has 0 spiro atoms. The molecule has 41 heavy (non-hydrogen) atoms. The largest absolute Gasteiger partial charge is 0.463 e. The molecular weight excluding hydrogens is 550 g/mol. The highest BCUT2D eigenvalue weighted by atomic mass is 16.9. The van der Waals surface area contributed by atoms with Crippen molar-refractivity contribution in [1.29, 1.82) is 0 Å². The van der Waals surface area contributed by atoms with E-state index in [1.54, 1.807) is 27.7 Å². The van der Waals surface area contributed by atoms with Gasteiger partial charge in [-0.25, -0.2) is 0 Å². The number of carbonyl (C=O) groups excluding carboxylic acids is 4. The molecule has 0 saturated carbocycles. The van der Waals surface area contributed by atoms with Crippen molar-refractivity contribution in [3.63, 3.8) is 0 Å². The predicted octanol–water partition coefficient (Wildman–Crippen LogP) is 0.0556. The number of hydrogen-bond donors (Lipinski definition) is 1. The first kappa shape index (κ1) is 31.5. The van der Waals surface area contributed by atoms with Gasteiger partial charge in [0, 0.05) is 34.2 Å². The summed E-state index contributed by atoms with van der Waals surface area (Å²) in [4.78, 5) is 47.8. The SMILES string of the molecule is CC(=O)OC[C@H]1O[C@@H](OC(C)=O)[C@H](NC[C@H]2O[C@@H]3OC(C)(C)O[C@@H]3[C@H]3OC(C)(C)O[C@H]32)[C@@H](OC(C)=O)[C@@H]1OC(C)=O. The summed E-state index contributed by atoms with van der Waals surface area (Å²) in [5, 5.41) is 3.20. The van der Waals surface area contributed by atoms with Gasteiger partial charge in [0.05, 0.1) is 0 Å². The maximum atomic E-state index is 12.2. The normalized spacial score (nSPS) is 38.7. The van der Waals surface area contributed by atoms with E-state index in [0.717, 1.165) is 0 Å². The van der Waals surface area contributed by atoms with E-state index in [0.29, 0.717) is 0 Å². The van der Waals surface area contributed by atoms with Crippen LogP contribution in [-0.2, 0) is 66.5 Å². The minimum atomic E-state index is -1.33. The Bertz CT molecular complexity index is 1020. The van der Waals surface area contributed by atoms with Crippen LogP contribution in [0.4, 0.5) is 0 Å². The van der Waals surface area contributed by atoms with Gasteiger partial charge in [0.1, 0.15) is 43.2 Å². The van der Waals surface area contributed by atoms with E-state index in [-0.39, 0.29) is 13.2 Å². The van der Waals surface area contributed by atoms with Crippen LogP contribution in [0.5, 0.6) is 0 Å². The number of carbonyl (C=O) groups is 4. The molecule has 4 heterocycles. The monoisotopic (exact) mass is 589 g/mol. The highest BCUT2D eigenvalue weighted by Crippen LogP contribution is 2.44. The van der Waals surface area contributed by atoms with E-state index in [4.69, 9.17) is 47.4 Å². The van der Waals surface area contributed by atoms with Crippen molar-refractivity contribution in [2.75, 3.05) is 13.2 Å². The molecular formula is C26H39NO14. The first-order chi connectivity index (χ1) is 19.0. The summed E-state index contributed by atoms with van der Waals surface area (Å²) in [5.74, 6) is -4.54. The van der Waals surface area contributed by atoms with Gasteiger partial charge in [0.15, 0.2) is 30.1 Å². The minimum Gasteiger partial charge on any atom is -0.463 e. The van der Waals surface area contributed by atoms with Crippen LogP contribution < -0.4 is 5.32 Å². The van der Waals surface area contributed by atoms with Crippen LogP contribution in [0.15, 0.2) is 0 Å². The van der Waals surface area contributed by atoms with Gasteiger partial charge in [-0.05, 0) is 27.7 Å². The third kappa shape index (κ3) is 7.52. The standard InChI is InChI=1S/C26H39NO14/c1-11(28)32-10-16-18(33-12(2)29)20(34-13(3)30)17(23(37-16)35-14(4)31)27-9-15-19-21(39-25(5,6)38-19)22-24(36-15)41-26(7,8)40-22/h15-24,27H,9-10H2,1-8H3/t15-,16-,17-,18-,19+,20-,21+,22-,23-,24-/m1/s1. The van der Waals surface area contributed by atoms with E-state index in [9.17, 15) is 19.2 Å². The number of hydrogen-bond acceptors (Lipinski definition) is 15. The van der Waals surface area contributed by atoms with Crippen LogP contribution in [0.1, 0.15) is 55.4 Å². The fourth-order valence-electron chi connectivity index (χ4n) is 5.49. The molecule has 4 rings (SSSR count). The minimum absolute atomic E-state index is 0.0541. The number of esters is 4. The van der Waals surface area contributed by atoms with Crippen LogP contribution in [0.25, 0.3) is 0 Å². The van der Waals surface area contributed by atoms with Crippen molar-refractivity contribution < 1.29 is 66.5 Å². The molecule has 0 aliphatic carbocycles. The van der Waals surface area contributed by atoms with Crippen molar-refractivity contribution in [2.45, 2.75) is 128 Å². The molecule has 0 radical (unpaired) electrons. The lowest BCUT2D eigenvalue weighted by molar-refractivity contribution is -0.273. The fourth-order valence-corrected chi connectivity index (χ4v) is 5.49. The summed E-state index contributed by atoms with van der Waals surface area (Å²) >= 11 is 0. The number of ether oxygens (including phenoxy) is 10. The van der Waals surface area contributed by atoms with E-state index >= 15 is 0 Å². The van der Waals surface area contributed by atoms with Crippen molar-refractivity contribution in [3.8, 4) is 0 Å². The first-order valence-corrected chi connectivity index (χ1v) is 13.5. The van der Waals surface area contributed by atoms with Crippen LogP contribution in [0.2, 0.25) is 0 Å². The Morgan fingerprint density at radius 1 is 0.659 bits per heavy atom. The zero-order chi connectivity index (χ0) is 30.3. The second-order valence-corrected chi connectivity index (χ2v) is 11.2. The zero-order valence-corrected chi connectivity index (χ0v) is 24.4. The molecule has 15 nitrogen and oxygen atoms in total. The van der Waals surface area contributed by atoms with Crippen LogP contribution in [0.3, 0.4) is 0 Å². The maximum Gasteiger partial charge on any atom is 0.304 e. The molecule has 4 fully saturated rings. The van der Waals surface area contributed by atoms with Crippen molar-refractivity contribution >= 4 is 23.9 Å². The number of rotatable bonds is 8. The second-order valence-electron chi connectivity index (χ2n) is 11.2. The second kappa shape index (κ2) is 12.1. The third-order valence-corrected chi connectivity index (χ3v) is 6.79. The van der Waals surface area contributed by atoms with Crippen LogP contribution in [-0.4, -0.2) is 110 Å². The Kier molecular flexibility index (Phi) is 9.28. The smallest absolute Gasteiger partial charge is 0.304 e. The van der Waals surface area contributed by atoms with Gasteiger partial charge in [-0.2, -0.15) is 0 Å². The van der Waals surface area contributed by atoms with Gasteiger partial charge in [-0.3, -0.25) is 19.2 Å². The molecule has 232 valence electrons. The summed E-state index contributed by atoms with van der Waals surface area (Å²) in [6, 6.07) is -1.05. The fraction of sp³-hybridized carbons (Fsp3) is 0.846. The molecule has 4 aliphatic heterocycles. The van der Waals surface area contributed by atoms with Crippen LogP contribution in [0, 0.1) is 0 Å². The predicted molar refractivity (Wildman–Crippen MR) is 132 cm³/mol. The molecule has 10 atom stereocenters. The van der Waals surface area contributed by atoms with Gasteiger partial charge in [0.25, 0.3) is 0 Å². The van der Waals surface area contributed by atoms with E-state index < -0.39 is 96.8 Å². The maximum absolute atomic E-state index is 12.2. The summed E-state index contributed by atoms with van der Waals surface area (Å²) in [5.41, 5.74) is 0. The van der Waals surface area contributed by atoms with Crippen molar-refractivity contribution in [2.24, 2.45) is 0 Å². The Balaban J connectivity index is 1.60. The van der Waals surface area contributed by atoms with Gasteiger partial charge in [0.2, 0.25) is 6.29 Å². The lowest BCUT2D eigenvalue weighted by Crippen LogP contribution is -2.67. The Morgan fingerprint density at radius 3 is 1.83 bits per heavy atom. The van der Waals surface area contributed by atoms with Gasteiger partial charge < -0.3 is 52.7 Å². The Hall–Kier alpha value is -2.40.